The summed E-state index contributed by atoms with van der Waals surface area (Å²) in [7, 11) is 2.17. The molecule has 0 N–H and O–H groups in total. The van der Waals surface area contributed by atoms with Crippen LogP contribution in [0.25, 0.3) is 6.08 Å². The molecule has 9 heteroatoms. The highest BCUT2D eigenvalue weighted by molar-refractivity contribution is 6.60. The van der Waals surface area contributed by atoms with Crippen molar-refractivity contribution in [3.8, 4) is 5.75 Å². The largest absolute Gasteiger partial charge is 0.500 e. The Hall–Kier alpha value is -2.72. The summed E-state index contributed by atoms with van der Waals surface area (Å²) in [6, 6.07) is 13.7. The molecule has 2 aliphatic rings. The molecule has 0 bridgehead atoms. The van der Waals surface area contributed by atoms with Gasteiger partial charge >= 0.3 is 8.80 Å². The fourth-order valence-corrected chi connectivity index (χ4v) is 6.70. The number of anilines is 1. The van der Waals surface area contributed by atoms with Crippen molar-refractivity contribution in [3.05, 3.63) is 69.8 Å². The lowest BCUT2D eigenvalue weighted by Gasteiger charge is -2.47. The predicted octanol–water partition coefficient (Wildman–Crippen LogP) is 4.76. The second kappa shape index (κ2) is 8.57. The van der Waals surface area contributed by atoms with Crippen molar-refractivity contribution >= 4 is 26.3 Å². The average molecular weight is 471 g/mol. The number of nitro benzene ring substituents is 1. The minimum Gasteiger partial charge on any atom is -0.463 e. The molecule has 0 fully saturated rings. The van der Waals surface area contributed by atoms with Crippen molar-refractivity contribution in [2.24, 2.45) is 0 Å². The summed E-state index contributed by atoms with van der Waals surface area (Å²) in [5.41, 5.74) is 1.88. The first-order valence-electron chi connectivity index (χ1n) is 10.9. The van der Waals surface area contributed by atoms with E-state index in [1.54, 1.807) is 33.5 Å². The molecule has 8 nitrogen and oxygen atoms in total. The van der Waals surface area contributed by atoms with Gasteiger partial charge in [0.05, 0.1) is 10.3 Å². The van der Waals surface area contributed by atoms with E-state index in [4.69, 9.17) is 18.0 Å². The van der Waals surface area contributed by atoms with E-state index in [1.807, 2.05) is 24.3 Å². The van der Waals surface area contributed by atoms with E-state index in [0.717, 1.165) is 12.1 Å². The lowest BCUT2D eigenvalue weighted by Crippen LogP contribution is -2.60. The smallest absolute Gasteiger partial charge is 0.463 e. The van der Waals surface area contributed by atoms with E-state index in [0.29, 0.717) is 23.9 Å². The van der Waals surface area contributed by atoms with Gasteiger partial charge in [0.15, 0.2) is 0 Å². The number of ether oxygens (including phenoxy) is 1. The Kier molecular flexibility index (Phi) is 6.08. The fraction of sp³-hybridized carbons (Fsp3) is 0.417. The average Bonchev–Trinajstić information content (AvgIpc) is 3.00. The number of para-hydroxylation sites is 1. The van der Waals surface area contributed by atoms with Crippen molar-refractivity contribution in [2.45, 2.75) is 37.5 Å². The Balaban J connectivity index is 1.71. The minimum absolute atomic E-state index is 0.0452. The molecule has 2 aromatic rings. The summed E-state index contributed by atoms with van der Waals surface area (Å²) in [6.45, 7) is 5.04. The normalized spacial score (nSPS) is 20.5. The van der Waals surface area contributed by atoms with Crippen molar-refractivity contribution < 1.29 is 22.9 Å². The maximum absolute atomic E-state index is 11.2. The Morgan fingerprint density at radius 3 is 2.45 bits per heavy atom. The zero-order chi connectivity index (χ0) is 23.9. The summed E-state index contributed by atoms with van der Waals surface area (Å²) in [5, 5.41) is 11.2. The third kappa shape index (κ3) is 3.65. The number of hydrogen-bond donors (Lipinski definition) is 0. The second-order valence-electron chi connectivity index (χ2n) is 8.80. The molecule has 4 rings (SSSR count). The highest BCUT2D eigenvalue weighted by Gasteiger charge is 2.58. The van der Waals surface area contributed by atoms with Crippen LogP contribution in [0, 0.1) is 10.1 Å². The number of fused-ring (bicyclic) bond motifs is 2. The van der Waals surface area contributed by atoms with Gasteiger partial charge in [-0.3, -0.25) is 10.1 Å². The molecular formula is C24H30N2O6Si. The molecule has 2 heterocycles. The van der Waals surface area contributed by atoms with Gasteiger partial charge < -0.3 is 22.9 Å². The molecule has 1 spiro atoms. The van der Waals surface area contributed by atoms with Crippen LogP contribution in [0.4, 0.5) is 11.4 Å². The van der Waals surface area contributed by atoms with E-state index >= 15 is 0 Å². The molecular weight excluding hydrogens is 440 g/mol. The van der Waals surface area contributed by atoms with E-state index in [-0.39, 0.29) is 11.1 Å². The first-order chi connectivity index (χ1) is 15.7. The van der Waals surface area contributed by atoms with Gasteiger partial charge in [-0.05, 0) is 50.1 Å². The van der Waals surface area contributed by atoms with Gasteiger partial charge in [0.1, 0.15) is 5.75 Å². The van der Waals surface area contributed by atoms with Crippen LogP contribution in [0.1, 0.15) is 31.4 Å². The maximum atomic E-state index is 11.2. The van der Waals surface area contributed by atoms with Crippen molar-refractivity contribution in [2.75, 3.05) is 32.8 Å². The Morgan fingerprint density at radius 1 is 1.09 bits per heavy atom. The van der Waals surface area contributed by atoms with Crippen LogP contribution < -0.4 is 9.64 Å². The summed E-state index contributed by atoms with van der Waals surface area (Å²) >= 11 is 0. The molecule has 1 atom stereocenters. The van der Waals surface area contributed by atoms with Gasteiger partial charge in [0.25, 0.3) is 5.69 Å². The minimum atomic E-state index is -2.70. The summed E-state index contributed by atoms with van der Waals surface area (Å²) in [4.78, 5) is 13.1. The first-order valence-corrected chi connectivity index (χ1v) is 12.9. The van der Waals surface area contributed by atoms with Crippen LogP contribution in [0.5, 0.6) is 5.75 Å². The van der Waals surface area contributed by atoms with Gasteiger partial charge in [0.2, 0.25) is 5.72 Å². The van der Waals surface area contributed by atoms with Crippen LogP contribution in [-0.2, 0) is 18.7 Å². The standard InChI is InChI=1S/C24H30N2O6Si/c1-23(2)20-9-6-7-10-21(20)25(15-8-16-33(29-3,30-4)31-5)24(23)14-13-18-17-19(26(27)28)11-12-22(18)32-24/h6-7,9-14,17H,8,15-16H2,1-5H3. The van der Waals surface area contributed by atoms with E-state index < -0.39 is 19.5 Å². The molecule has 176 valence electrons. The Morgan fingerprint density at radius 2 is 1.79 bits per heavy atom. The quantitative estimate of drug-likeness (QED) is 0.312. The molecule has 0 aromatic heterocycles. The topological polar surface area (TPSA) is 83.3 Å². The SMILES string of the molecule is CO[Si](CCCN1c2ccccc2C(C)(C)C12C=Cc1cc([N+](=O)[O-])ccc1O2)(OC)OC. The highest BCUT2D eigenvalue weighted by Crippen LogP contribution is 2.55. The first kappa shape index (κ1) is 23.4. The number of rotatable bonds is 8. The molecule has 33 heavy (non-hydrogen) atoms. The third-order valence-corrected chi connectivity index (χ3v) is 9.75. The predicted molar refractivity (Wildman–Crippen MR) is 129 cm³/mol. The van der Waals surface area contributed by atoms with Crippen molar-refractivity contribution in [3.63, 3.8) is 0 Å². The van der Waals surface area contributed by atoms with Crippen LogP contribution in [0.15, 0.2) is 48.5 Å². The van der Waals surface area contributed by atoms with E-state index in [9.17, 15) is 10.1 Å². The summed E-state index contributed by atoms with van der Waals surface area (Å²) in [5.74, 6) is 0.628. The van der Waals surface area contributed by atoms with Crippen LogP contribution in [0.3, 0.4) is 0 Å². The van der Waals surface area contributed by atoms with Gasteiger partial charge in [-0.25, -0.2) is 0 Å². The molecule has 0 radical (unpaired) electrons. The summed E-state index contributed by atoms with van der Waals surface area (Å²) in [6.07, 6.45) is 4.75. The molecule has 2 aromatic carbocycles. The number of nitro groups is 1. The molecule has 1 unspecified atom stereocenters. The zero-order valence-electron chi connectivity index (χ0n) is 19.7. The lowest BCUT2D eigenvalue weighted by atomic mass is 9.76. The molecule has 0 saturated carbocycles. The lowest BCUT2D eigenvalue weighted by molar-refractivity contribution is -0.384. The Bertz CT molecular complexity index is 1080. The van der Waals surface area contributed by atoms with Crippen LogP contribution >= 0.6 is 0 Å². The van der Waals surface area contributed by atoms with Crippen molar-refractivity contribution in [1.29, 1.82) is 0 Å². The number of hydrogen-bond acceptors (Lipinski definition) is 7. The second-order valence-corrected chi connectivity index (χ2v) is 11.9. The molecule has 2 aliphatic heterocycles. The number of non-ortho nitro benzene ring substituents is 1. The zero-order valence-corrected chi connectivity index (χ0v) is 20.7. The van der Waals surface area contributed by atoms with E-state index in [1.165, 1.54) is 11.6 Å². The molecule has 0 saturated heterocycles. The maximum Gasteiger partial charge on any atom is 0.500 e. The van der Waals surface area contributed by atoms with Gasteiger partial charge in [0, 0.05) is 57.3 Å². The molecule has 0 amide bonds. The Labute approximate surface area is 195 Å². The van der Waals surface area contributed by atoms with Crippen molar-refractivity contribution in [1.82, 2.24) is 0 Å². The fourth-order valence-electron chi connectivity index (χ4n) is 5.00. The third-order valence-electron chi connectivity index (χ3n) is 6.92. The number of benzene rings is 2. The van der Waals surface area contributed by atoms with Gasteiger partial charge in [-0.2, -0.15) is 0 Å². The van der Waals surface area contributed by atoms with Crippen LogP contribution in [-0.4, -0.2) is 47.3 Å². The van der Waals surface area contributed by atoms with Gasteiger partial charge in [-0.1, -0.05) is 18.2 Å². The van der Waals surface area contributed by atoms with Crippen LogP contribution in [0.2, 0.25) is 6.04 Å². The molecule has 0 aliphatic carbocycles. The van der Waals surface area contributed by atoms with Gasteiger partial charge in [-0.15, -0.1) is 0 Å². The van der Waals surface area contributed by atoms with E-state index in [2.05, 4.69) is 30.9 Å². The number of nitrogens with zero attached hydrogens (tertiary/aromatic N) is 2. The monoisotopic (exact) mass is 470 g/mol. The highest BCUT2D eigenvalue weighted by atomic mass is 28.4. The summed E-state index contributed by atoms with van der Waals surface area (Å²) < 4.78 is 23.5.